The van der Waals surface area contributed by atoms with E-state index in [9.17, 15) is 0 Å². The second-order valence-electron chi connectivity index (χ2n) is 7.46. The van der Waals surface area contributed by atoms with Gasteiger partial charge in [-0.1, -0.05) is 29.6 Å². The van der Waals surface area contributed by atoms with Crippen molar-refractivity contribution in [3.63, 3.8) is 0 Å². The van der Waals surface area contributed by atoms with Gasteiger partial charge in [-0.2, -0.15) is 10.1 Å². The van der Waals surface area contributed by atoms with Crippen LogP contribution in [0.5, 0.6) is 0 Å². The number of rotatable bonds is 2. The van der Waals surface area contributed by atoms with Crippen molar-refractivity contribution < 1.29 is 4.52 Å². The molecule has 1 aliphatic carbocycles. The third kappa shape index (κ3) is 2.36. The van der Waals surface area contributed by atoms with E-state index >= 15 is 0 Å². The number of nitrogens with one attached hydrogen (secondary N) is 1. The summed E-state index contributed by atoms with van der Waals surface area (Å²) < 4.78 is 7.70. The molecule has 0 spiro atoms. The molecule has 6 rings (SSSR count). The number of hydrogen-bond donors (Lipinski definition) is 1. The average molecular weight is 393 g/mol. The molecule has 0 saturated heterocycles. The van der Waals surface area contributed by atoms with Gasteiger partial charge in [-0.15, -0.1) is 0 Å². The van der Waals surface area contributed by atoms with Crippen LogP contribution in [0.2, 0.25) is 5.02 Å². The molecule has 0 radical (unpaired) electrons. The van der Waals surface area contributed by atoms with Crippen LogP contribution in [0.25, 0.3) is 28.5 Å². The van der Waals surface area contributed by atoms with E-state index in [0.29, 0.717) is 23.3 Å². The fourth-order valence-corrected chi connectivity index (χ4v) is 4.56. The summed E-state index contributed by atoms with van der Waals surface area (Å²) in [6.45, 7) is 0. The Labute approximate surface area is 165 Å². The molecule has 1 N–H and O–H groups in total. The van der Waals surface area contributed by atoms with Crippen LogP contribution in [0.15, 0.2) is 35.2 Å². The van der Waals surface area contributed by atoms with E-state index in [1.165, 1.54) is 12.8 Å². The molecule has 28 heavy (non-hydrogen) atoms. The maximum absolute atomic E-state index is 6.26. The fourth-order valence-electron chi connectivity index (χ4n) is 4.39. The van der Waals surface area contributed by atoms with Crippen LogP contribution in [0.3, 0.4) is 0 Å². The van der Waals surface area contributed by atoms with Crippen LogP contribution in [0.4, 0.5) is 0 Å². The lowest BCUT2D eigenvalue weighted by molar-refractivity contribution is 0.414. The smallest absolute Gasteiger partial charge is 0.278 e. The molecule has 1 aromatic carbocycles. The predicted octanol–water partition coefficient (Wildman–Crippen LogP) is 4.53. The van der Waals surface area contributed by atoms with Gasteiger partial charge < -0.3 is 9.09 Å². The third-order valence-corrected chi connectivity index (χ3v) is 6.03. The van der Waals surface area contributed by atoms with E-state index < -0.39 is 0 Å². The minimum Gasteiger partial charge on any atom is -0.332 e. The van der Waals surface area contributed by atoms with Gasteiger partial charge >= 0.3 is 0 Å². The maximum Gasteiger partial charge on any atom is 0.278 e. The van der Waals surface area contributed by atoms with Gasteiger partial charge in [0.15, 0.2) is 11.5 Å². The number of aromatic amines is 1. The number of benzene rings is 1. The van der Waals surface area contributed by atoms with Gasteiger partial charge in [-0.3, -0.25) is 5.10 Å². The Kier molecular flexibility index (Phi) is 3.46. The molecule has 0 bridgehead atoms. The molecule has 3 aromatic heterocycles. The highest BCUT2D eigenvalue weighted by Crippen LogP contribution is 2.38. The first-order chi connectivity index (χ1) is 13.8. The van der Waals surface area contributed by atoms with Gasteiger partial charge in [0, 0.05) is 28.5 Å². The van der Waals surface area contributed by atoms with Crippen molar-refractivity contribution in [3.8, 4) is 28.5 Å². The van der Waals surface area contributed by atoms with Gasteiger partial charge in [0.1, 0.15) is 6.33 Å². The predicted molar refractivity (Wildman–Crippen MR) is 103 cm³/mol. The number of hydrogen-bond acceptors (Lipinski definition) is 5. The Morgan fingerprint density at radius 1 is 1.21 bits per heavy atom. The topological polar surface area (TPSA) is 85.4 Å². The van der Waals surface area contributed by atoms with Crippen molar-refractivity contribution in [2.75, 3.05) is 0 Å². The molecule has 0 unspecified atom stereocenters. The number of fused-ring (bicyclic) bond motifs is 5. The molecule has 0 atom stereocenters. The summed E-state index contributed by atoms with van der Waals surface area (Å²) in [6, 6.07) is 5.84. The van der Waals surface area contributed by atoms with Crippen LogP contribution in [-0.2, 0) is 6.42 Å². The zero-order valence-corrected chi connectivity index (χ0v) is 15.8. The zero-order chi connectivity index (χ0) is 18.7. The quantitative estimate of drug-likeness (QED) is 0.477. The number of imidazole rings is 1. The average Bonchev–Trinajstić information content (AvgIpc) is 3.48. The van der Waals surface area contributed by atoms with Crippen LogP contribution < -0.4 is 0 Å². The Morgan fingerprint density at radius 3 is 3.00 bits per heavy atom. The van der Waals surface area contributed by atoms with E-state index in [1.807, 2.05) is 30.7 Å². The van der Waals surface area contributed by atoms with Gasteiger partial charge in [0.2, 0.25) is 0 Å². The highest BCUT2D eigenvalue weighted by molar-refractivity contribution is 6.31. The van der Waals surface area contributed by atoms with Gasteiger partial charge in [0.25, 0.3) is 5.89 Å². The Hall–Kier alpha value is -2.93. The molecule has 0 amide bonds. The van der Waals surface area contributed by atoms with Crippen LogP contribution in [0.1, 0.15) is 48.7 Å². The van der Waals surface area contributed by atoms with Crippen molar-refractivity contribution >= 4 is 11.6 Å². The van der Waals surface area contributed by atoms with Crippen LogP contribution >= 0.6 is 11.6 Å². The molecular weight excluding hydrogens is 376 g/mol. The molecule has 1 fully saturated rings. The summed E-state index contributed by atoms with van der Waals surface area (Å²) in [6.07, 6.45) is 9.06. The van der Waals surface area contributed by atoms with E-state index in [2.05, 4.69) is 29.9 Å². The second-order valence-corrected chi connectivity index (χ2v) is 7.89. The highest BCUT2D eigenvalue weighted by atomic mass is 35.5. The summed E-state index contributed by atoms with van der Waals surface area (Å²) >= 11 is 6.26. The summed E-state index contributed by atoms with van der Waals surface area (Å²) in [5.74, 6) is 1.69. The molecule has 7 nitrogen and oxygen atoms in total. The van der Waals surface area contributed by atoms with Crippen LogP contribution in [-0.4, -0.2) is 29.9 Å². The van der Waals surface area contributed by atoms with E-state index in [1.54, 1.807) is 0 Å². The Balaban J connectivity index is 1.51. The van der Waals surface area contributed by atoms with E-state index in [0.717, 1.165) is 52.6 Å². The zero-order valence-electron chi connectivity index (χ0n) is 15.0. The fraction of sp³-hybridized carbons (Fsp3) is 0.300. The number of halogens is 1. The SMILES string of the molecule is Clc1ccc2c(c1)-c1[nH]ncc1Cc1c(-c3nc(C4CCCC4)no3)ncn1-2. The lowest BCUT2D eigenvalue weighted by Gasteiger charge is -2.09. The first kappa shape index (κ1) is 16.1. The lowest BCUT2D eigenvalue weighted by atomic mass is 10.0. The Bertz CT molecular complexity index is 1180. The lowest BCUT2D eigenvalue weighted by Crippen LogP contribution is -2.00. The summed E-state index contributed by atoms with van der Waals surface area (Å²) in [5.41, 5.74) is 5.79. The minimum absolute atomic E-state index is 0.405. The van der Waals surface area contributed by atoms with E-state index in [-0.39, 0.29) is 0 Å². The van der Waals surface area contributed by atoms with Crippen molar-refractivity contribution in [1.29, 1.82) is 0 Å². The minimum atomic E-state index is 0.405. The van der Waals surface area contributed by atoms with Gasteiger partial charge in [-0.05, 0) is 31.0 Å². The second kappa shape index (κ2) is 6.04. The number of aromatic nitrogens is 6. The first-order valence-corrected chi connectivity index (χ1v) is 9.88. The van der Waals surface area contributed by atoms with Crippen molar-refractivity contribution in [1.82, 2.24) is 29.9 Å². The van der Waals surface area contributed by atoms with Crippen molar-refractivity contribution in [2.24, 2.45) is 0 Å². The van der Waals surface area contributed by atoms with Crippen molar-refractivity contribution in [2.45, 2.75) is 38.0 Å². The normalized spacial score (nSPS) is 15.9. The molecule has 1 saturated carbocycles. The van der Waals surface area contributed by atoms with Gasteiger partial charge in [-0.25, -0.2) is 4.98 Å². The highest BCUT2D eigenvalue weighted by Gasteiger charge is 2.28. The third-order valence-electron chi connectivity index (χ3n) is 5.79. The maximum atomic E-state index is 6.26. The first-order valence-electron chi connectivity index (χ1n) is 9.50. The molecule has 4 aromatic rings. The monoisotopic (exact) mass is 392 g/mol. The standard InChI is InChI=1S/C20H17ClN6O/c21-13-5-6-15-14(8-13)17-12(9-23-25-17)7-16-18(22-10-27(15)16)20-24-19(26-28-20)11-3-1-2-4-11/h5-6,8-11H,1-4,7H2,(H,23,25). The molecule has 8 heteroatoms. The number of H-pyrrole nitrogens is 1. The Morgan fingerprint density at radius 2 is 2.11 bits per heavy atom. The molecule has 2 aliphatic rings. The van der Waals surface area contributed by atoms with Gasteiger partial charge in [0.05, 0.1) is 23.3 Å². The van der Waals surface area contributed by atoms with Crippen molar-refractivity contribution in [3.05, 3.63) is 52.8 Å². The molecular formula is C20H17ClN6O. The van der Waals surface area contributed by atoms with Crippen LogP contribution in [0, 0.1) is 0 Å². The summed E-state index contributed by atoms with van der Waals surface area (Å²) in [5, 5.41) is 12.3. The summed E-state index contributed by atoms with van der Waals surface area (Å²) in [7, 11) is 0. The largest absolute Gasteiger partial charge is 0.332 e. The molecule has 1 aliphatic heterocycles. The summed E-state index contributed by atoms with van der Waals surface area (Å²) in [4.78, 5) is 9.32. The molecule has 4 heterocycles. The van der Waals surface area contributed by atoms with E-state index in [4.69, 9.17) is 16.1 Å². The molecule has 140 valence electrons. The number of nitrogens with zero attached hydrogens (tertiary/aromatic N) is 5.